The summed E-state index contributed by atoms with van der Waals surface area (Å²) in [6.45, 7) is 6.31. The van der Waals surface area contributed by atoms with Crippen LogP contribution in [0.2, 0.25) is 0 Å². The normalized spacial score (nSPS) is 10.8. The first-order chi connectivity index (χ1) is 9.74. The van der Waals surface area contributed by atoms with E-state index in [1.54, 1.807) is 18.7 Å². The molecule has 1 aromatic rings. The van der Waals surface area contributed by atoms with Crippen LogP contribution in [-0.4, -0.2) is 54.5 Å². The van der Waals surface area contributed by atoms with Crippen LogP contribution in [0.1, 0.15) is 36.5 Å². The lowest BCUT2D eigenvalue weighted by Crippen LogP contribution is -2.14. The van der Waals surface area contributed by atoms with Crippen LogP contribution in [-0.2, 0) is 27.2 Å². The van der Waals surface area contributed by atoms with Gasteiger partial charge in [0, 0.05) is 7.11 Å². The van der Waals surface area contributed by atoms with Crippen molar-refractivity contribution in [2.45, 2.75) is 33.2 Å². The molecule has 0 aliphatic carbocycles. The molecule has 0 N–H and O–H groups in total. The van der Waals surface area contributed by atoms with Crippen LogP contribution >= 0.6 is 0 Å². The molecule has 1 aromatic heterocycles. The van der Waals surface area contributed by atoms with Crippen molar-refractivity contribution in [1.82, 2.24) is 15.0 Å². The summed E-state index contributed by atoms with van der Waals surface area (Å²) < 4.78 is 17.0. The van der Waals surface area contributed by atoms with Crippen molar-refractivity contribution in [3.8, 4) is 0 Å². The maximum atomic E-state index is 11.8. The van der Waals surface area contributed by atoms with Gasteiger partial charge in [-0.2, -0.15) is 0 Å². The van der Waals surface area contributed by atoms with Crippen molar-refractivity contribution in [2.75, 3.05) is 33.5 Å². The molecule has 0 saturated heterocycles. The molecule has 0 saturated carbocycles. The molecule has 0 radical (unpaired) electrons. The molecule has 0 amide bonds. The molecular weight excluding hydrogens is 262 g/mol. The standard InChI is InChI=1S/C13H23N3O4/c1-4-6-11-12(13(17)20-5-2)14-15-16(11)7-8-19-10-9-18-3/h4-10H2,1-3H3. The van der Waals surface area contributed by atoms with Crippen molar-refractivity contribution in [3.05, 3.63) is 11.4 Å². The monoisotopic (exact) mass is 285 g/mol. The lowest BCUT2D eigenvalue weighted by Gasteiger charge is -2.07. The van der Waals surface area contributed by atoms with E-state index in [4.69, 9.17) is 14.2 Å². The van der Waals surface area contributed by atoms with Gasteiger partial charge in [0.05, 0.1) is 38.7 Å². The number of aromatic nitrogens is 3. The molecule has 0 spiro atoms. The van der Waals surface area contributed by atoms with Crippen LogP contribution in [0.25, 0.3) is 0 Å². The van der Waals surface area contributed by atoms with E-state index in [0.29, 0.717) is 38.7 Å². The second kappa shape index (κ2) is 9.44. The van der Waals surface area contributed by atoms with Crippen molar-refractivity contribution >= 4 is 5.97 Å². The molecule has 114 valence electrons. The number of hydrogen-bond donors (Lipinski definition) is 0. The quantitative estimate of drug-likeness (QED) is 0.473. The summed E-state index contributed by atoms with van der Waals surface area (Å²) in [7, 11) is 1.63. The molecule has 0 aliphatic rings. The number of carbonyl (C=O) groups excluding carboxylic acids is 1. The minimum Gasteiger partial charge on any atom is -0.461 e. The zero-order chi connectivity index (χ0) is 14.8. The Bertz CT molecular complexity index is 406. The van der Waals surface area contributed by atoms with E-state index in [1.807, 2.05) is 6.92 Å². The maximum Gasteiger partial charge on any atom is 0.360 e. The molecule has 1 heterocycles. The van der Waals surface area contributed by atoms with Gasteiger partial charge in [0.1, 0.15) is 0 Å². The first kappa shape index (κ1) is 16.6. The highest BCUT2D eigenvalue weighted by Gasteiger charge is 2.19. The fourth-order valence-corrected chi connectivity index (χ4v) is 1.75. The lowest BCUT2D eigenvalue weighted by molar-refractivity contribution is 0.0517. The summed E-state index contributed by atoms with van der Waals surface area (Å²) in [5, 5.41) is 7.94. The highest BCUT2D eigenvalue weighted by atomic mass is 16.5. The van der Waals surface area contributed by atoms with Gasteiger partial charge in [-0.1, -0.05) is 18.6 Å². The Hall–Kier alpha value is -1.47. The third-order valence-corrected chi connectivity index (χ3v) is 2.67. The van der Waals surface area contributed by atoms with E-state index < -0.39 is 5.97 Å². The first-order valence-corrected chi connectivity index (χ1v) is 6.90. The second-order valence-electron chi connectivity index (χ2n) is 4.18. The molecule has 20 heavy (non-hydrogen) atoms. The number of ether oxygens (including phenoxy) is 3. The average molecular weight is 285 g/mol. The minimum atomic E-state index is -0.414. The molecule has 0 fully saturated rings. The van der Waals surface area contributed by atoms with Gasteiger partial charge in [-0.3, -0.25) is 0 Å². The Labute approximate surface area is 119 Å². The number of carbonyl (C=O) groups is 1. The molecule has 7 nitrogen and oxygen atoms in total. The number of esters is 1. The van der Waals surface area contributed by atoms with Gasteiger partial charge in [-0.15, -0.1) is 5.10 Å². The zero-order valence-electron chi connectivity index (χ0n) is 12.4. The molecule has 1 rings (SSSR count). The Morgan fingerprint density at radius 1 is 1.25 bits per heavy atom. The predicted octanol–water partition coefficient (Wildman–Crippen LogP) is 1.07. The summed E-state index contributed by atoms with van der Waals surface area (Å²) in [5.41, 5.74) is 1.12. The third kappa shape index (κ3) is 4.90. The van der Waals surface area contributed by atoms with E-state index in [-0.39, 0.29) is 0 Å². The van der Waals surface area contributed by atoms with Crippen LogP contribution < -0.4 is 0 Å². The van der Waals surface area contributed by atoms with Gasteiger partial charge in [-0.25, -0.2) is 9.48 Å². The van der Waals surface area contributed by atoms with Gasteiger partial charge in [0.25, 0.3) is 0 Å². The Balaban J connectivity index is 2.63. The summed E-state index contributed by atoms with van der Waals surface area (Å²) in [5.74, 6) is -0.414. The van der Waals surface area contributed by atoms with Crippen molar-refractivity contribution in [2.24, 2.45) is 0 Å². The van der Waals surface area contributed by atoms with Crippen LogP contribution in [0.3, 0.4) is 0 Å². The number of nitrogens with zero attached hydrogens (tertiary/aromatic N) is 3. The molecule has 0 atom stereocenters. The third-order valence-electron chi connectivity index (χ3n) is 2.67. The topological polar surface area (TPSA) is 75.5 Å². The van der Waals surface area contributed by atoms with Crippen LogP contribution in [0.15, 0.2) is 0 Å². The van der Waals surface area contributed by atoms with Gasteiger partial charge < -0.3 is 14.2 Å². The van der Waals surface area contributed by atoms with Crippen LogP contribution in [0.4, 0.5) is 0 Å². The van der Waals surface area contributed by atoms with Crippen LogP contribution in [0.5, 0.6) is 0 Å². The van der Waals surface area contributed by atoms with E-state index >= 15 is 0 Å². The summed E-state index contributed by atoms with van der Waals surface area (Å²) in [6.07, 6.45) is 1.64. The molecular formula is C13H23N3O4. The van der Waals surface area contributed by atoms with E-state index in [9.17, 15) is 4.79 Å². The lowest BCUT2D eigenvalue weighted by atomic mass is 10.2. The number of methoxy groups -OCH3 is 1. The first-order valence-electron chi connectivity index (χ1n) is 6.90. The number of hydrogen-bond acceptors (Lipinski definition) is 6. The highest BCUT2D eigenvalue weighted by molar-refractivity contribution is 5.88. The molecule has 7 heteroatoms. The van der Waals surface area contributed by atoms with E-state index in [1.165, 1.54) is 0 Å². The van der Waals surface area contributed by atoms with Crippen molar-refractivity contribution < 1.29 is 19.0 Å². The van der Waals surface area contributed by atoms with Crippen molar-refractivity contribution in [1.29, 1.82) is 0 Å². The maximum absolute atomic E-state index is 11.8. The minimum absolute atomic E-state index is 0.311. The smallest absolute Gasteiger partial charge is 0.360 e. The van der Waals surface area contributed by atoms with Gasteiger partial charge in [-0.05, 0) is 13.3 Å². The number of rotatable bonds is 10. The fraction of sp³-hybridized carbons (Fsp3) is 0.769. The predicted molar refractivity (Wildman–Crippen MR) is 72.7 cm³/mol. The highest BCUT2D eigenvalue weighted by Crippen LogP contribution is 2.10. The van der Waals surface area contributed by atoms with Gasteiger partial charge in [0.15, 0.2) is 5.69 Å². The molecule has 0 unspecified atom stereocenters. The van der Waals surface area contributed by atoms with Crippen molar-refractivity contribution in [3.63, 3.8) is 0 Å². The second-order valence-corrected chi connectivity index (χ2v) is 4.18. The van der Waals surface area contributed by atoms with Crippen LogP contribution in [0, 0.1) is 0 Å². The fourth-order valence-electron chi connectivity index (χ4n) is 1.75. The van der Waals surface area contributed by atoms with Gasteiger partial charge in [0.2, 0.25) is 0 Å². The summed E-state index contributed by atoms with van der Waals surface area (Å²) >= 11 is 0. The SMILES string of the molecule is CCCc1c(C(=O)OCC)nnn1CCOCCOC. The molecule has 0 aromatic carbocycles. The summed E-state index contributed by atoms with van der Waals surface area (Å²) in [4.78, 5) is 11.8. The van der Waals surface area contributed by atoms with E-state index in [2.05, 4.69) is 10.3 Å². The molecule has 0 aliphatic heterocycles. The largest absolute Gasteiger partial charge is 0.461 e. The van der Waals surface area contributed by atoms with E-state index in [0.717, 1.165) is 18.5 Å². The Kier molecular flexibility index (Phi) is 7.82. The average Bonchev–Trinajstić information content (AvgIpc) is 2.83. The Morgan fingerprint density at radius 3 is 2.70 bits per heavy atom. The summed E-state index contributed by atoms with van der Waals surface area (Å²) in [6, 6.07) is 0. The zero-order valence-corrected chi connectivity index (χ0v) is 12.4. The van der Waals surface area contributed by atoms with Gasteiger partial charge >= 0.3 is 5.97 Å². The Morgan fingerprint density at radius 2 is 2.05 bits per heavy atom. The molecule has 0 bridgehead atoms.